The van der Waals surface area contributed by atoms with Gasteiger partial charge in [-0.05, 0) is 128 Å². The monoisotopic (exact) mass is 1650 g/mol. The van der Waals surface area contributed by atoms with Gasteiger partial charge in [0.25, 0.3) is 0 Å². The summed E-state index contributed by atoms with van der Waals surface area (Å²) in [7, 11) is 9.22. The van der Waals surface area contributed by atoms with Gasteiger partial charge in [0.05, 0.1) is 67.4 Å². The van der Waals surface area contributed by atoms with Crippen molar-refractivity contribution in [1.29, 1.82) is 0 Å². The predicted molar refractivity (Wildman–Crippen MR) is 455 cm³/mol. The number of carbonyl (C=O) groups excluding carboxylic acids is 9. The van der Waals surface area contributed by atoms with Crippen molar-refractivity contribution in [3.63, 3.8) is 0 Å². The van der Waals surface area contributed by atoms with E-state index in [-0.39, 0.29) is 48.9 Å². The summed E-state index contributed by atoms with van der Waals surface area (Å²) in [6, 6.07) is 48.4. The standard InChI is InChI=1S/C33H37N3O7.C30H39N3O7.C30H40N2O5/c1-41-28-17-22(18-29(42-2)32(28)43-3)12-9-13-23(19-30(37)36-40)33(39)35-27(16-21-10-5-4-6-11-21)31(38)25-20-34-26-15-8-7-14-24(25)26;1-30(2,3)28(26(35)21-17-31-22-13-8-7-12-20(21)22)32-29(36)19(16-25(34)33-37)11-9-10-18-14-23(38-4)27(40-6)24(15-18)39-5;33-28(32-36)21-26(18-10-11-19-37-22-24-14-6-2-7-15-24)30(35)31-27(20-23-12-4-1-5-13-23)29(34)25-16-8-3-9-17-25/h4-8,10-11,14-15,17-18,20,23,27,34,40H,9,12-13,16,19H2,1-3H3,(H,35,39)(H,36,37);7-8,12-15,17,19,28,31,37H,9-11,16H2,1-6H3,(H,32,36)(H,33,34);2-3,6-9,14-17,23,26-27,36H,1,4-5,10-13,18-22H2,(H,31,35)(H,32,33)/t23-,27+;19-,28-;26-,27+/m111/s1. The van der Waals surface area contributed by atoms with Crippen LogP contribution in [0.25, 0.3) is 21.8 Å². The number of rotatable bonds is 43. The van der Waals surface area contributed by atoms with Crippen molar-refractivity contribution in [1.82, 2.24) is 42.4 Å². The third-order valence-corrected chi connectivity index (χ3v) is 21.5. The lowest BCUT2D eigenvalue weighted by molar-refractivity contribution is -0.135. The van der Waals surface area contributed by atoms with E-state index in [1.54, 1.807) is 55.2 Å². The molecule has 1 fully saturated rings. The van der Waals surface area contributed by atoms with Gasteiger partial charge in [-0.3, -0.25) is 58.8 Å². The van der Waals surface area contributed by atoms with Crippen LogP contribution in [0.15, 0.2) is 176 Å². The molecule has 11 N–H and O–H groups in total. The van der Waals surface area contributed by atoms with E-state index in [4.69, 9.17) is 43.6 Å². The van der Waals surface area contributed by atoms with E-state index in [0.29, 0.717) is 128 Å². The molecule has 6 amide bonds. The second-order valence-electron chi connectivity index (χ2n) is 31.0. The number of hydrogen-bond donors (Lipinski definition) is 11. The van der Waals surface area contributed by atoms with Gasteiger partial charge in [0.2, 0.25) is 46.9 Å². The fourth-order valence-corrected chi connectivity index (χ4v) is 15.1. The van der Waals surface area contributed by atoms with Crippen molar-refractivity contribution in [2.24, 2.45) is 29.1 Å². The van der Waals surface area contributed by atoms with Crippen molar-refractivity contribution >= 4 is 74.6 Å². The maximum absolute atomic E-state index is 13.8. The molecule has 1 aliphatic carbocycles. The quantitative estimate of drug-likeness (QED) is 0.00732. The number of aromatic amines is 2. The zero-order valence-corrected chi connectivity index (χ0v) is 70.0. The van der Waals surface area contributed by atoms with E-state index < -0.39 is 70.8 Å². The minimum atomic E-state index is -0.871. The number of nitrogens with one attached hydrogen (secondary N) is 8. The third-order valence-electron chi connectivity index (χ3n) is 21.5. The number of Topliss-reactive ketones (excluding diaryl/α,β-unsaturated/α-hetero) is 3. The molecule has 9 aromatic rings. The fourth-order valence-electron chi connectivity index (χ4n) is 15.1. The summed E-state index contributed by atoms with van der Waals surface area (Å²) < 4.78 is 38.2. The van der Waals surface area contributed by atoms with Crippen LogP contribution in [0.3, 0.4) is 0 Å². The molecule has 0 saturated heterocycles. The molecule has 0 unspecified atom stereocenters. The Morgan fingerprint density at radius 3 is 1.27 bits per heavy atom. The molecule has 0 spiro atoms. The lowest BCUT2D eigenvalue weighted by Gasteiger charge is -2.31. The van der Waals surface area contributed by atoms with E-state index >= 15 is 0 Å². The average molecular weight is 1650 g/mol. The van der Waals surface area contributed by atoms with E-state index in [1.165, 1.54) is 34.9 Å². The average Bonchev–Trinajstić information content (AvgIpc) is 1.74. The number of ether oxygens (including phenoxy) is 7. The molecule has 0 bridgehead atoms. The third kappa shape index (κ3) is 27.9. The summed E-state index contributed by atoms with van der Waals surface area (Å²) in [4.78, 5) is 124. The summed E-state index contributed by atoms with van der Waals surface area (Å²) in [5, 5.41) is 37.7. The number of unbranched alkanes of at least 4 members (excludes halogenated alkanes) is 1. The summed E-state index contributed by atoms with van der Waals surface area (Å²) >= 11 is 0. The Balaban J connectivity index is 0.000000225. The van der Waals surface area contributed by atoms with Gasteiger partial charge in [0, 0.05) is 101 Å². The molecule has 7 aromatic carbocycles. The van der Waals surface area contributed by atoms with Gasteiger partial charge < -0.3 is 59.1 Å². The van der Waals surface area contributed by atoms with Gasteiger partial charge in [0.1, 0.15) is 0 Å². The lowest BCUT2D eigenvalue weighted by Crippen LogP contribution is -2.51. The number of amides is 6. The first-order valence-corrected chi connectivity index (χ1v) is 40.7. The predicted octanol–water partition coefficient (Wildman–Crippen LogP) is 14.3. The molecule has 642 valence electrons. The Hall–Kier alpha value is -11.9. The summed E-state index contributed by atoms with van der Waals surface area (Å²) in [5.41, 5.74) is 11.2. The number of aryl methyl sites for hydroxylation is 2. The molecule has 10 rings (SSSR count). The molecule has 27 heteroatoms. The molecule has 0 aliphatic heterocycles. The molecule has 2 heterocycles. The molecule has 1 saturated carbocycles. The van der Waals surface area contributed by atoms with Crippen LogP contribution in [-0.2, 0) is 59.4 Å². The van der Waals surface area contributed by atoms with Crippen LogP contribution in [0.2, 0.25) is 0 Å². The van der Waals surface area contributed by atoms with Gasteiger partial charge in [-0.2, -0.15) is 0 Å². The number of H-pyrrole nitrogens is 2. The number of benzene rings is 7. The normalized spacial score (nSPS) is 13.5. The Morgan fingerprint density at radius 2 is 0.833 bits per heavy atom. The Labute approximate surface area is 701 Å². The lowest BCUT2D eigenvalue weighted by atomic mass is 9.81. The molecule has 27 nitrogen and oxygen atoms in total. The molecule has 0 radical (unpaired) electrons. The Bertz CT molecular complexity index is 4740. The second kappa shape index (κ2) is 48.2. The van der Waals surface area contributed by atoms with Crippen LogP contribution < -0.4 is 60.8 Å². The Kier molecular flexibility index (Phi) is 37.6. The van der Waals surface area contributed by atoms with Crippen molar-refractivity contribution in [3.05, 3.63) is 215 Å². The maximum atomic E-state index is 13.8. The van der Waals surface area contributed by atoms with Crippen molar-refractivity contribution in [2.45, 2.75) is 167 Å². The van der Waals surface area contributed by atoms with Gasteiger partial charge in [-0.1, -0.05) is 187 Å². The van der Waals surface area contributed by atoms with Gasteiger partial charge in [-0.25, -0.2) is 16.4 Å². The molecule has 6 atom stereocenters. The Morgan fingerprint density at radius 1 is 0.433 bits per heavy atom. The highest BCUT2D eigenvalue weighted by molar-refractivity contribution is 6.12. The number of aromatic nitrogens is 2. The second-order valence-corrected chi connectivity index (χ2v) is 31.0. The first kappa shape index (κ1) is 93.6. The highest BCUT2D eigenvalue weighted by Gasteiger charge is 2.38. The number of methoxy groups -OCH3 is 6. The molecular formula is C93H116N8O19. The largest absolute Gasteiger partial charge is 0.493 e. The number of para-hydroxylation sites is 2. The zero-order valence-electron chi connectivity index (χ0n) is 70.0. The molecule has 2 aromatic heterocycles. The van der Waals surface area contributed by atoms with Crippen LogP contribution in [0.1, 0.15) is 177 Å². The van der Waals surface area contributed by atoms with Gasteiger partial charge in [-0.15, -0.1) is 0 Å². The molecule has 120 heavy (non-hydrogen) atoms. The summed E-state index contributed by atoms with van der Waals surface area (Å²) in [6.45, 7) is 6.72. The van der Waals surface area contributed by atoms with E-state index in [2.05, 4.69) is 25.9 Å². The van der Waals surface area contributed by atoms with E-state index in [1.807, 2.05) is 172 Å². The zero-order chi connectivity index (χ0) is 86.5. The smallest absolute Gasteiger partial charge is 0.244 e. The first-order valence-electron chi connectivity index (χ1n) is 40.7. The van der Waals surface area contributed by atoms with Gasteiger partial charge >= 0.3 is 0 Å². The number of ketones is 3. The SMILES string of the molecule is COc1cc(CCC[C@H](CC(=O)NO)C(=O)N[C@@H](Cc2ccccc2)C(=O)c2c[nH]c3ccccc23)cc(OC)c1OC.COc1cc(CCC[C@H](CC(=O)NO)C(=O)N[C@H](C(=O)c2c[nH]c3ccccc23)C(C)(C)C)cc(OC)c1OC.O=C(C[C@@H](CCCCOCc1ccccc1)C(=O)N[C@@H](CC1CCCCC1)C(=O)c1ccccc1)NO. The maximum Gasteiger partial charge on any atom is 0.244 e. The minimum Gasteiger partial charge on any atom is -0.493 e. The van der Waals surface area contributed by atoms with Crippen molar-refractivity contribution < 1.29 is 91.9 Å². The first-order chi connectivity index (χ1) is 58.0. The van der Waals surface area contributed by atoms with Crippen LogP contribution in [0, 0.1) is 29.1 Å². The van der Waals surface area contributed by atoms with E-state index in [0.717, 1.165) is 76.2 Å². The molecule has 1 aliphatic rings. The number of fused-ring (bicyclic) bond motifs is 2. The van der Waals surface area contributed by atoms with Gasteiger partial charge in [0.15, 0.2) is 40.3 Å². The van der Waals surface area contributed by atoms with Crippen LogP contribution in [0.5, 0.6) is 34.5 Å². The van der Waals surface area contributed by atoms with Crippen LogP contribution in [-0.4, -0.2) is 146 Å². The fraction of sp³-hybridized carbons (Fsp3) is 0.409. The highest BCUT2D eigenvalue weighted by Crippen LogP contribution is 2.41. The van der Waals surface area contributed by atoms with E-state index in [9.17, 15) is 48.4 Å². The van der Waals surface area contributed by atoms with Crippen molar-refractivity contribution in [3.8, 4) is 34.5 Å². The number of carbonyl (C=O) groups is 9. The van der Waals surface area contributed by atoms with Crippen LogP contribution >= 0.6 is 0 Å². The number of hydrogen-bond acceptors (Lipinski definition) is 19. The van der Waals surface area contributed by atoms with Crippen LogP contribution in [0.4, 0.5) is 0 Å². The summed E-state index contributed by atoms with van der Waals surface area (Å²) in [6.07, 6.45) is 14.0. The molecular weight excluding hydrogens is 1530 g/mol. The summed E-state index contributed by atoms with van der Waals surface area (Å²) in [5.74, 6) is -2.48. The van der Waals surface area contributed by atoms with Crippen molar-refractivity contribution in [2.75, 3.05) is 49.3 Å². The topological polar surface area (TPSA) is 383 Å². The highest BCUT2D eigenvalue weighted by atomic mass is 16.5. The number of hydroxylamine groups is 3. The minimum absolute atomic E-state index is 0.0980.